The molecule has 0 saturated carbocycles. The van der Waals surface area contributed by atoms with Gasteiger partial charge in [-0.3, -0.25) is 0 Å². The molecule has 0 unspecified atom stereocenters. The molecule has 0 saturated heterocycles. The van der Waals surface area contributed by atoms with Crippen molar-refractivity contribution in [2.24, 2.45) is 0 Å². The molecule has 0 spiro atoms. The third-order valence-corrected chi connectivity index (χ3v) is 3.10. The third-order valence-electron chi connectivity index (χ3n) is 2.48. The second-order valence-corrected chi connectivity index (χ2v) is 4.77. The smallest absolute Gasteiger partial charge is 0.338 e. The molecule has 0 aliphatic carbocycles. The SMILES string of the molecule is Cc1ccc(Oc2nccc(C(=O)O)c2N)c(Br)c1. The molecular formula is C13H11BrN2O3. The first-order valence-corrected chi connectivity index (χ1v) is 6.20. The minimum absolute atomic E-state index is 0.00229. The maximum atomic E-state index is 11.0. The van der Waals surface area contributed by atoms with Crippen LogP contribution in [0.4, 0.5) is 5.69 Å². The summed E-state index contributed by atoms with van der Waals surface area (Å²) in [5, 5.41) is 8.97. The van der Waals surface area contributed by atoms with E-state index in [0.717, 1.165) is 10.0 Å². The van der Waals surface area contributed by atoms with Gasteiger partial charge in [-0.05, 0) is 46.6 Å². The number of halogens is 1. The van der Waals surface area contributed by atoms with E-state index in [2.05, 4.69) is 20.9 Å². The number of hydrogen-bond acceptors (Lipinski definition) is 4. The minimum Gasteiger partial charge on any atom is -0.478 e. The summed E-state index contributed by atoms with van der Waals surface area (Å²) in [5.74, 6) is -0.524. The van der Waals surface area contributed by atoms with Crippen LogP contribution in [0, 0.1) is 6.92 Å². The van der Waals surface area contributed by atoms with Crippen LogP contribution in [0.3, 0.4) is 0 Å². The molecule has 1 aromatic carbocycles. The van der Waals surface area contributed by atoms with Crippen LogP contribution < -0.4 is 10.5 Å². The Bertz CT molecular complexity index is 644. The van der Waals surface area contributed by atoms with Crippen LogP contribution >= 0.6 is 15.9 Å². The first-order chi connectivity index (χ1) is 8.99. The summed E-state index contributed by atoms with van der Waals surface area (Å²) in [7, 11) is 0. The number of aryl methyl sites for hydroxylation is 1. The van der Waals surface area contributed by atoms with Crippen molar-refractivity contribution in [2.45, 2.75) is 6.92 Å². The number of nitrogens with two attached hydrogens (primary N) is 1. The van der Waals surface area contributed by atoms with Gasteiger partial charge in [0.15, 0.2) is 0 Å². The molecule has 6 heteroatoms. The monoisotopic (exact) mass is 322 g/mol. The number of nitrogens with zero attached hydrogens (tertiary/aromatic N) is 1. The first kappa shape index (κ1) is 13.4. The van der Waals surface area contributed by atoms with Gasteiger partial charge in [0.25, 0.3) is 0 Å². The maximum Gasteiger partial charge on any atom is 0.338 e. The predicted octanol–water partition coefficient (Wildman–Crippen LogP) is 3.23. The molecule has 0 bridgehead atoms. The molecule has 0 aliphatic heterocycles. The number of anilines is 1. The van der Waals surface area contributed by atoms with Crippen molar-refractivity contribution in [3.05, 3.63) is 46.1 Å². The molecule has 5 nitrogen and oxygen atoms in total. The Morgan fingerprint density at radius 3 is 2.79 bits per heavy atom. The fraction of sp³-hybridized carbons (Fsp3) is 0.0769. The van der Waals surface area contributed by atoms with Crippen LogP contribution in [0.1, 0.15) is 15.9 Å². The Morgan fingerprint density at radius 1 is 1.42 bits per heavy atom. The molecule has 19 heavy (non-hydrogen) atoms. The standard InChI is InChI=1S/C13H11BrN2O3/c1-7-2-3-10(9(14)6-7)19-12-11(15)8(13(17)18)4-5-16-12/h2-6H,15H2,1H3,(H,17,18). The third kappa shape index (κ3) is 2.85. The highest BCUT2D eigenvalue weighted by Gasteiger charge is 2.14. The zero-order valence-electron chi connectivity index (χ0n) is 10.1. The second kappa shape index (κ2) is 5.27. The number of benzene rings is 1. The van der Waals surface area contributed by atoms with Gasteiger partial charge in [-0.1, -0.05) is 6.07 Å². The highest BCUT2D eigenvalue weighted by molar-refractivity contribution is 9.10. The zero-order valence-corrected chi connectivity index (χ0v) is 11.6. The molecule has 1 aromatic heterocycles. The maximum absolute atomic E-state index is 11.0. The van der Waals surface area contributed by atoms with Crippen molar-refractivity contribution in [3.8, 4) is 11.6 Å². The summed E-state index contributed by atoms with van der Waals surface area (Å²) in [6.45, 7) is 1.95. The van der Waals surface area contributed by atoms with Gasteiger partial charge in [-0.2, -0.15) is 0 Å². The van der Waals surface area contributed by atoms with E-state index in [0.29, 0.717) is 5.75 Å². The molecule has 0 atom stereocenters. The molecule has 0 aliphatic rings. The Hall–Kier alpha value is -2.08. The van der Waals surface area contributed by atoms with Crippen molar-refractivity contribution in [3.63, 3.8) is 0 Å². The summed E-state index contributed by atoms with van der Waals surface area (Å²) in [4.78, 5) is 14.9. The normalized spacial score (nSPS) is 10.2. The van der Waals surface area contributed by atoms with Gasteiger partial charge in [0.1, 0.15) is 11.4 Å². The quantitative estimate of drug-likeness (QED) is 0.906. The highest BCUT2D eigenvalue weighted by Crippen LogP contribution is 2.32. The summed E-state index contributed by atoms with van der Waals surface area (Å²) >= 11 is 3.37. The summed E-state index contributed by atoms with van der Waals surface area (Å²) in [6, 6.07) is 6.84. The summed E-state index contributed by atoms with van der Waals surface area (Å²) in [6.07, 6.45) is 1.34. The van der Waals surface area contributed by atoms with Crippen molar-refractivity contribution in [2.75, 3.05) is 5.73 Å². The van der Waals surface area contributed by atoms with Gasteiger partial charge in [0, 0.05) is 6.20 Å². The number of aromatic nitrogens is 1. The van der Waals surface area contributed by atoms with E-state index >= 15 is 0 Å². The predicted molar refractivity (Wildman–Crippen MR) is 74.6 cm³/mol. The number of rotatable bonds is 3. The van der Waals surface area contributed by atoms with Gasteiger partial charge < -0.3 is 15.6 Å². The van der Waals surface area contributed by atoms with Crippen LogP contribution in [0.25, 0.3) is 0 Å². The lowest BCUT2D eigenvalue weighted by Gasteiger charge is -2.10. The lowest BCUT2D eigenvalue weighted by atomic mass is 10.2. The fourth-order valence-electron chi connectivity index (χ4n) is 1.51. The number of ether oxygens (including phenoxy) is 1. The molecule has 2 rings (SSSR count). The Morgan fingerprint density at radius 2 is 2.16 bits per heavy atom. The highest BCUT2D eigenvalue weighted by atomic mass is 79.9. The second-order valence-electron chi connectivity index (χ2n) is 3.92. The van der Waals surface area contributed by atoms with E-state index in [1.54, 1.807) is 6.07 Å². The molecule has 3 N–H and O–H groups in total. The Kier molecular flexibility index (Phi) is 3.71. The van der Waals surface area contributed by atoms with Gasteiger partial charge in [-0.25, -0.2) is 9.78 Å². The minimum atomic E-state index is -1.12. The number of carbonyl (C=O) groups is 1. The van der Waals surface area contributed by atoms with Crippen molar-refractivity contribution >= 4 is 27.6 Å². The summed E-state index contributed by atoms with van der Waals surface area (Å²) < 4.78 is 6.28. The number of nitrogen functional groups attached to an aromatic ring is 1. The fourth-order valence-corrected chi connectivity index (χ4v) is 2.09. The van der Waals surface area contributed by atoms with Gasteiger partial charge in [0.05, 0.1) is 10.0 Å². The van der Waals surface area contributed by atoms with Crippen molar-refractivity contribution in [1.82, 2.24) is 4.98 Å². The molecule has 0 fully saturated rings. The largest absolute Gasteiger partial charge is 0.478 e. The van der Waals surface area contributed by atoms with E-state index in [4.69, 9.17) is 15.6 Å². The van der Waals surface area contributed by atoms with Crippen LogP contribution in [-0.4, -0.2) is 16.1 Å². The lowest BCUT2D eigenvalue weighted by Crippen LogP contribution is -2.05. The number of pyridine rings is 1. The molecule has 98 valence electrons. The summed E-state index contributed by atoms with van der Waals surface area (Å²) in [5.41, 5.74) is 6.77. The first-order valence-electron chi connectivity index (χ1n) is 5.41. The number of hydrogen-bond donors (Lipinski definition) is 2. The van der Waals surface area contributed by atoms with E-state index in [1.807, 2.05) is 19.1 Å². The van der Waals surface area contributed by atoms with Crippen molar-refractivity contribution < 1.29 is 14.6 Å². The van der Waals surface area contributed by atoms with Gasteiger partial charge in [0.2, 0.25) is 5.88 Å². The van der Waals surface area contributed by atoms with E-state index < -0.39 is 5.97 Å². The molecule has 0 radical (unpaired) electrons. The van der Waals surface area contributed by atoms with Gasteiger partial charge >= 0.3 is 5.97 Å². The van der Waals surface area contributed by atoms with E-state index in [9.17, 15) is 4.79 Å². The molecule has 2 aromatic rings. The molecule has 1 heterocycles. The van der Waals surface area contributed by atoms with Crippen LogP contribution in [0.5, 0.6) is 11.6 Å². The molecule has 0 amide bonds. The van der Waals surface area contributed by atoms with Crippen LogP contribution in [0.15, 0.2) is 34.9 Å². The van der Waals surface area contributed by atoms with Crippen LogP contribution in [0.2, 0.25) is 0 Å². The topological polar surface area (TPSA) is 85.4 Å². The number of carboxylic acids is 1. The molecular weight excluding hydrogens is 312 g/mol. The Balaban J connectivity index is 2.38. The van der Waals surface area contributed by atoms with Gasteiger partial charge in [-0.15, -0.1) is 0 Å². The lowest BCUT2D eigenvalue weighted by molar-refractivity contribution is 0.0697. The average Bonchev–Trinajstić information content (AvgIpc) is 2.34. The van der Waals surface area contributed by atoms with E-state index in [1.165, 1.54) is 12.3 Å². The number of aromatic carboxylic acids is 1. The number of carboxylic acid groups (broad SMARTS) is 1. The van der Waals surface area contributed by atoms with Crippen molar-refractivity contribution in [1.29, 1.82) is 0 Å². The zero-order chi connectivity index (χ0) is 14.0. The Labute approximate surface area is 118 Å². The average molecular weight is 323 g/mol. The van der Waals surface area contributed by atoms with E-state index in [-0.39, 0.29) is 17.1 Å². The van der Waals surface area contributed by atoms with Crippen LogP contribution in [-0.2, 0) is 0 Å².